The zero-order chi connectivity index (χ0) is 11.7. The lowest BCUT2D eigenvalue weighted by Crippen LogP contribution is -2.33. The third-order valence-electron chi connectivity index (χ3n) is 2.94. The molecule has 1 saturated carbocycles. The average molecular weight is 221 g/mol. The number of halogens is 1. The number of benzene rings is 1. The highest BCUT2D eigenvalue weighted by molar-refractivity contribution is 5.95. The fraction of sp³-hybridized carbons (Fsp3) is 0.462. The second kappa shape index (κ2) is 4.24. The molecular weight excluding hydrogens is 205 g/mol. The molecule has 0 saturated heterocycles. The Morgan fingerprint density at radius 1 is 1.50 bits per heavy atom. The molecule has 0 N–H and O–H groups in total. The van der Waals surface area contributed by atoms with E-state index in [0.29, 0.717) is 12.6 Å². The van der Waals surface area contributed by atoms with E-state index in [1.165, 1.54) is 6.07 Å². The summed E-state index contributed by atoms with van der Waals surface area (Å²) >= 11 is 0. The molecular formula is C13H16FNO. The van der Waals surface area contributed by atoms with Crippen LogP contribution in [-0.4, -0.2) is 23.4 Å². The topological polar surface area (TPSA) is 20.3 Å². The minimum atomic E-state index is -0.422. The van der Waals surface area contributed by atoms with E-state index in [9.17, 15) is 9.18 Å². The Morgan fingerprint density at radius 2 is 2.19 bits per heavy atom. The van der Waals surface area contributed by atoms with Crippen LogP contribution in [0.1, 0.15) is 35.7 Å². The fourth-order valence-electron chi connectivity index (χ4n) is 1.91. The summed E-state index contributed by atoms with van der Waals surface area (Å²) in [6.07, 6.45) is 2.10. The molecule has 1 aromatic carbocycles. The van der Waals surface area contributed by atoms with Gasteiger partial charge in [0.15, 0.2) is 0 Å². The Kier molecular flexibility index (Phi) is 2.95. The summed E-state index contributed by atoms with van der Waals surface area (Å²) in [5, 5.41) is 0. The molecule has 0 heterocycles. The Balaban J connectivity index is 2.28. The molecule has 3 heteroatoms. The van der Waals surface area contributed by atoms with Crippen LogP contribution in [0.15, 0.2) is 18.2 Å². The predicted molar refractivity (Wildman–Crippen MR) is 60.9 cm³/mol. The Morgan fingerprint density at radius 3 is 2.75 bits per heavy atom. The number of hydrogen-bond acceptors (Lipinski definition) is 1. The molecule has 1 aliphatic carbocycles. The number of carbonyl (C=O) groups excluding carboxylic acids is 1. The summed E-state index contributed by atoms with van der Waals surface area (Å²) in [5.41, 5.74) is 1.12. The molecule has 1 aromatic rings. The highest BCUT2D eigenvalue weighted by Gasteiger charge is 2.32. The van der Waals surface area contributed by atoms with Crippen LogP contribution < -0.4 is 0 Å². The normalized spacial score (nSPS) is 14.9. The quantitative estimate of drug-likeness (QED) is 0.768. The van der Waals surface area contributed by atoms with E-state index in [2.05, 4.69) is 0 Å². The van der Waals surface area contributed by atoms with Gasteiger partial charge in [0.2, 0.25) is 0 Å². The van der Waals surface area contributed by atoms with Crippen LogP contribution in [0.25, 0.3) is 0 Å². The number of carbonyl (C=O) groups is 1. The van der Waals surface area contributed by atoms with Gasteiger partial charge >= 0.3 is 0 Å². The number of aryl methyl sites for hydroxylation is 1. The van der Waals surface area contributed by atoms with E-state index in [4.69, 9.17) is 0 Å². The largest absolute Gasteiger partial charge is 0.336 e. The lowest BCUT2D eigenvalue weighted by atomic mass is 10.1. The van der Waals surface area contributed by atoms with E-state index in [0.717, 1.165) is 18.4 Å². The summed E-state index contributed by atoms with van der Waals surface area (Å²) in [7, 11) is 0. The van der Waals surface area contributed by atoms with Crippen molar-refractivity contribution < 1.29 is 9.18 Å². The van der Waals surface area contributed by atoms with Crippen LogP contribution in [0.3, 0.4) is 0 Å². The van der Waals surface area contributed by atoms with Crippen molar-refractivity contribution in [1.29, 1.82) is 0 Å². The summed E-state index contributed by atoms with van der Waals surface area (Å²) in [6.45, 7) is 4.45. The van der Waals surface area contributed by atoms with Gasteiger partial charge in [0.25, 0.3) is 5.91 Å². The van der Waals surface area contributed by atoms with Crippen LogP contribution in [0.5, 0.6) is 0 Å². The molecule has 16 heavy (non-hydrogen) atoms. The van der Waals surface area contributed by atoms with Crippen LogP contribution in [0.2, 0.25) is 0 Å². The third-order valence-corrected chi connectivity index (χ3v) is 2.94. The Bertz CT molecular complexity index is 412. The molecule has 0 bridgehead atoms. The van der Waals surface area contributed by atoms with E-state index >= 15 is 0 Å². The number of nitrogens with zero attached hydrogens (tertiary/aromatic N) is 1. The molecule has 0 atom stereocenters. The highest BCUT2D eigenvalue weighted by Crippen LogP contribution is 2.28. The van der Waals surface area contributed by atoms with Crippen molar-refractivity contribution in [2.75, 3.05) is 6.54 Å². The lowest BCUT2D eigenvalue weighted by molar-refractivity contribution is 0.0747. The van der Waals surface area contributed by atoms with Gasteiger partial charge in [0.05, 0.1) is 5.56 Å². The van der Waals surface area contributed by atoms with Crippen LogP contribution in [0.4, 0.5) is 4.39 Å². The van der Waals surface area contributed by atoms with Crippen molar-refractivity contribution in [3.8, 4) is 0 Å². The maximum atomic E-state index is 13.6. The Hall–Kier alpha value is -1.38. The van der Waals surface area contributed by atoms with Crippen molar-refractivity contribution in [1.82, 2.24) is 4.90 Å². The van der Waals surface area contributed by atoms with Gasteiger partial charge in [-0.25, -0.2) is 4.39 Å². The lowest BCUT2D eigenvalue weighted by Gasteiger charge is -2.20. The second-order valence-corrected chi connectivity index (χ2v) is 4.31. The zero-order valence-corrected chi connectivity index (χ0v) is 9.66. The monoisotopic (exact) mass is 221 g/mol. The fourth-order valence-corrected chi connectivity index (χ4v) is 1.91. The molecule has 2 nitrogen and oxygen atoms in total. The number of rotatable bonds is 3. The first-order valence-corrected chi connectivity index (χ1v) is 5.70. The number of hydrogen-bond donors (Lipinski definition) is 0. The molecule has 0 spiro atoms. The predicted octanol–water partition coefficient (Wildman–Crippen LogP) is 2.76. The van der Waals surface area contributed by atoms with Crippen molar-refractivity contribution in [3.05, 3.63) is 35.1 Å². The second-order valence-electron chi connectivity index (χ2n) is 4.31. The Labute approximate surface area is 95.1 Å². The first kappa shape index (κ1) is 11.1. The smallest absolute Gasteiger partial charge is 0.257 e. The van der Waals surface area contributed by atoms with E-state index in [1.807, 2.05) is 13.8 Å². The van der Waals surface area contributed by atoms with Crippen molar-refractivity contribution in [2.24, 2.45) is 0 Å². The van der Waals surface area contributed by atoms with Crippen molar-refractivity contribution in [3.63, 3.8) is 0 Å². The molecule has 1 aliphatic rings. The third kappa shape index (κ3) is 2.08. The van der Waals surface area contributed by atoms with Gasteiger partial charge in [0, 0.05) is 12.6 Å². The van der Waals surface area contributed by atoms with Gasteiger partial charge in [-0.05, 0) is 38.8 Å². The van der Waals surface area contributed by atoms with Gasteiger partial charge in [-0.1, -0.05) is 11.6 Å². The van der Waals surface area contributed by atoms with Gasteiger partial charge in [-0.3, -0.25) is 4.79 Å². The molecule has 0 aliphatic heterocycles. The minimum Gasteiger partial charge on any atom is -0.336 e. The molecule has 2 rings (SSSR count). The van der Waals surface area contributed by atoms with Gasteiger partial charge in [-0.2, -0.15) is 0 Å². The summed E-state index contributed by atoms with van der Waals surface area (Å²) in [5.74, 6) is -0.596. The number of amides is 1. The van der Waals surface area contributed by atoms with Gasteiger partial charge < -0.3 is 4.90 Å². The van der Waals surface area contributed by atoms with Gasteiger partial charge in [0.1, 0.15) is 5.82 Å². The summed E-state index contributed by atoms with van der Waals surface area (Å²) in [6, 6.07) is 5.00. The van der Waals surface area contributed by atoms with E-state index in [1.54, 1.807) is 17.0 Å². The van der Waals surface area contributed by atoms with Gasteiger partial charge in [-0.15, -0.1) is 0 Å². The van der Waals surface area contributed by atoms with E-state index in [-0.39, 0.29) is 11.5 Å². The maximum absolute atomic E-state index is 13.6. The first-order valence-electron chi connectivity index (χ1n) is 5.70. The standard InChI is InChI=1S/C13H16FNO/c1-3-15(10-5-6-10)13(16)11-8-9(2)4-7-12(11)14/h4,7-8,10H,3,5-6H2,1-2H3. The minimum absolute atomic E-state index is 0.175. The van der Waals surface area contributed by atoms with Crippen molar-refractivity contribution in [2.45, 2.75) is 32.7 Å². The zero-order valence-electron chi connectivity index (χ0n) is 9.66. The van der Waals surface area contributed by atoms with E-state index < -0.39 is 5.82 Å². The molecule has 0 radical (unpaired) electrons. The molecule has 86 valence electrons. The average Bonchev–Trinajstić information content (AvgIpc) is 3.07. The summed E-state index contributed by atoms with van der Waals surface area (Å²) in [4.78, 5) is 13.9. The SMILES string of the molecule is CCN(C(=O)c1cc(C)ccc1F)C1CC1. The highest BCUT2D eigenvalue weighted by atomic mass is 19.1. The molecule has 0 unspecified atom stereocenters. The van der Waals surface area contributed by atoms with Crippen molar-refractivity contribution >= 4 is 5.91 Å². The molecule has 1 amide bonds. The van der Waals surface area contributed by atoms with Crippen LogP contribution in [0, 0.1) is 12.7 Å². The molecule has 0 aromatic heterocycles. The van der Waals surface area contributed by atoms with Crippen LogP contribution >= 0.6 is 0 Å². The maximum Gasteiger partial charge on any atom is 0.257 e. The first-order chi connectivity index (χ1) is 7.63. The molecule has 1 fully saturated rings. The van der Waals surface area contributed by atoms with Crippen LogP contribution in [-0.2, 0) is 0 Å². The summed E-state index contributed by atoms with van der Waals surface area (Å²) < 4.78 is 13.6.